The lowest BCUT2D eigenvalue weighted by molar-refractivity contribution is -0.137. The second-order valence-corrected chi connectivity index (χ2v) is 8.70. The van der Waals surface area contributed by atoms with E-state index in [0.717, 1.165) is 37.5 Å². The van der Waals surface area contributed by atoms with Crippen molar-refractivity contribution in [3.63, 3.8) is 0 Å². The molecule has 0 aliphatic carbocycles. The molecule has 0 spiro atoms. The summed E-state index contributed by atoms with van der Waals surface area (Å²) < 4.78 is 73.2. The van der Waals surface area contributed by atoms with Crippen LogP contribution in [0.3, 0.4) is 0 Å². The molecule has 2 N–H and O–H groups in total. The Morgan fingerprint density at radius 2 is 1.77 bits per heavy atom. The molecule has 3 rings (SSSR count). The average Bonchev–Trinajstić information content (AvgIpc) is 2.73. The number of nitrogens with zero attached hydrogens (tertiary/aromatic N) is 1. The summed E-state index contributed by atoms with van der Waals surface area (Å²) in [5.74, 6) is -1.49. The molecule has 0 saturated carbocycles. The number of carbonyl (C=O) groups is 1. The zero-order valence-electron chi connectivity index (χ0n) is 16.6. The van der Waals surface area contributed by atoms with E-state index in [4.69, 9.17) is 4.74 Å². The van der Waals surface area contributed by atoms with Gasteiger partial charge in [0, 0.05) is 13.1 Å². The van der Waals surface area contributed by atoms with Crippen LogP contribution < -0.4 is 14.4 Å². The van der Waals surface area contributed by atoms with Crippen molar-refractivity contribution < 1.29 is 36.2 Å². The van der Waals surface area contributed by atoms with E-state index in [2.05, 4.69) is 4.72 Å². The van der Waals surface area contributed by atoms with Gasteiger partial charge in [-0.3, -0.25) is 4.72 Å². The van der Waals surface area contributed by atoms with Crippen molar-refractivity contribution in [2.24, 2.45) is 0 Å². The zero-order valence-corrected chi connectivity index (χ0v) is 17.4. The van der Waals surface area contributed by atoms with Gasteiger partial charge in [0.1, 0.15) is 10.6 Å². The standard InChI is InChI=1S/C20H21F3N2O5S/c1-30-17-8-5-13(19(26)27)11-18(17)31(28,29)24-15-12-14(20(21,22)23)6-7-16(15)25-9-3-2-4-10-25/h5-8,11-12,24H,2-4,9-10H2,1H3,(H,26,27). The quantitative estimate of drug-likeness (QED) is 0.674. The van der Waals surface area contributed by atoms with E-state index in [9.17, 15) is 31.5 Å². The molecular formula is C20H21F3N2O5S. The molecule has 7 nitrogen and oxygen atoms in total. The van der Waals surface area contributed by atoms with Crippen molar-refractivity contribution >= 4 is 27.4 Å². The van der Waals surface area contributed by atoms with E-state index in [1.165, 1.54) is 25.3 Å². The Morgan fingerprint density at radius 3 is 2.35 bits per heavy atom. The van der Waals surface area contributed by atoms with Crippen LogP contribution >= 0.6 is 0 Å². The second-order valence-electron chi connectivity index (χ2n) is 7.05. The summed E-state index contributed by atoms with van der Waals surface area (Å²) in [5, 5.41) is 9.18. The smallest absolute Gasteiger partial charge is 0.416 e. The van der Waals surface area contributed by atoms with Gasteiger partial charge < -0.3 is 14.7 Å². The predicted molar refractivity (Wildman–Crippen MR) is 108 cm³/mol. The fourth-order valence-corrected chi connectivity index (χ4v) is 4.69. The fourth-order valence-electron chi connectivity index (χ4n) is 3.42. The number of hydrogen-bond donors (Lipinski definition) is 2. The van der Waals surface area contributed by atoms with E-state index < -0.39 is 32.6 Å². The average molecular weight is 458 g/mol. The Bertz CT molecular complexity index is 1080. The van der Waals surface area contributed by atoms with E-state index in [1.54, 1.807) is 0 Å². The number of aromatic carboxylic acids is 1. The lowest BCUT2D eigenvalue weighted by Crippen LogP contribution is -2.30. The number of sulfonamides is 1. The summed E-state index contributed by atoms with van der Waals surface area (Å²) >= 11 is 0. The highest BCUT2D eigenvalue weighted by atomic mass is 32.2. The predicted octanol–water partition coefficient (Wildman–Crippen LogP) is 4.20. The van der Waals surface area contributed by atoms with Crippen LogP contribution in [0.15, 0.2) is 41.3 Å². The molecule has 0 amide bonds. The molecule has 1 aliphatic rings. The SMILES string of the molecule is COc1ccc(C(=O)O)cc1S(=O)(=O)Nc1cc(C(F)(F)F)ccc1N1CCCCC1. The van der Waals surface area contributed by atoms with Gasteiger partial charge in [0.05, 0.1) is 29.6 Å². The Balaban J connectivity index is 2.09. The number of carboxylic acids is 1. The number of ether oxygens (including phenoxy) is 1. The highest BCUT2D eigenvalue weighted by Crippen LogP contribution is 2.38. The van der Waals surface area contributed by atoms with E-state index in [-0.39, 0.29) is 17.0 Å². The molecule has 0 atom stereocenters. The van der Waals surface area contributed by atoms with Crippen LogP contribution in [-0.2, 0) is 16.2 Å². The highest BCUT2D eigenvalue weighted by molar-refractivity contribution is 7.92. The van der Waals surface area contributed by atoms with Gasteiger partial charge in [-0.15, -0.1) is 0 Å². The summed E-state index contributed by atoms with van der Waals surface area (Å²) in [4.78, 5) is 12.6. The van der Waals surface area contributed by atoms with Crippen molar-refractivity contribution in [2.45, 2.75) is 30.3 Å². The minimum Gasteiger partial charge on any atom is -0.495 e. The molecule has 168 valence electrons. The molecule has 2 aromatic carbocycles. The normalized spacial score (nSPS) is 14.9. The van der Waals surface area contributed by atoms with Gasteiger partial charge in [-0.1, -0.05) is 0 Å². The number of anilines is 2. The molecule has 1 aliphatic heterocycles. The van der Waals surface area contributed by atoms with Crippen LogP contribution in [0, 0.1) is 0 Å². The van der Waals surface area contributed by atoms with E-state index in [1.807, 2.05) is 4.90 Å². The number of halogens is 3. The summed E-state index contributed by atoms with van der Waals surface area (Å²) in [5.41, 5.74) is -1.22. The molecular weight excluding hydrogens is 437 g/mol. The lowest BCUT2D eigenvalue weighted by atomic mass is 10.1. The number of carboxylic acid groups (broad SMARTS) is 1. The Morgan fingerprint density at radius 1 is 1.10 bits per heavy atom. The van der Waals surface area contributed by atoms with Crippen LogP contribution in [0.5, 0.6) is 5.75 Å². The minimum absolute atomic E-state index is 0.135. The Kier molecular flexibility index (Phi) is 6.35. The topological polar surface area (TPSA) is 95.9 Å². The third-order valence-electron chi connectivity index (χ3n) is 4.97. The van der Waals surface area contributed by atoms with Crippen LogP contribution in [0.1, 0.15) is 35.2 Å². The largest absolute Gasteiger partial charge is 0.495 e. The molecule has 1 saturated heterocycles. The molecule has 0 radical (unpaired) electrons. The van der Waals surface area contributed by atoms with Crippen molar-refractivity contribution in [3.05, 3.63) is 47.5 Å². The molecule has 1 fully saturated rings. The number of hydrogen-bond acceptors (Lipinski definition) is 5. The van der Waals surface area contributed by atoms with Gasteiger partial charge in [-0.25, -0.2) is 13.2 Å². The number of alkyl halides is 3. The molecule has 1 heterocycles. The first-order chi connectivity index (χ1) is 14.5. The number of methoxy groups -OCH3 is 1. The fraction of sp³-hybridized carbons (Fsp3) is 0.350. The summed E-state index contributed by atoms with van der Waals surface area (Å²) in [6.07, 6.45) is -2.01. The minimum atomic E-state index is -4.67. The lowest BCUT2D eigenvalue weighted by Gasteiger charge is -2.31. The first kappa shape index (κ1) is 22.7. The van der Waals surface area contributed by atoms with Crippen molar-refractivity contribution in [1.29, 1.82) is 0 Å². The van der Waals surface area contributed by atoms with E-state index in [0.29, 0.717) is 18.8 Å². The van der Waals surface area contributed by atoms with Gasteiger partial charge >= 0.3 is 12.1 Å². The van der Waals surface area contributed by atoms with Crippen molar-refractivity contribution in [1.82, 2.24) is 0 Å². The van der Waals surface area contributed by atoms with Crippen LogP contribution in [0.4, 0.5) is 24.5 Å². The van der Waals surface area contributed by atoms with Gasteiger partial charge in [-0.05, 0) is 55.7 Å². The first-order valence-corrected chi connectivity index (χ1v) is 10.9. The highest BCUT2D eigenvalue weighted by Gasteiger charge is 2.33. The summed E-state index contributed by atoms with van der Waals surface area (Å²) in [6, 6.07) is 6.15. The van der Waals surface area contributed by atoms with Crippen molar-refractivity contribution in [3.8, 4) is 5.75 Å². The molecule has 0 bridgehead atoms. The van der Waals surface area contributed by atoms with Gasteiger partial charge in [0.15, 0.2) is 0 Å². The molecule has 31 heavy (non-hydrogen) atoms. The van der Waals surface area contributed by atoms with Crippen LogP contribution in [0.25, 0.3) is 0 Å². The number of piperidine rings is 1. The summed E-state index contributed by atoms with van der Waals surface area (Å²) in [6.45, 7) is 1.16. The maximum Gasteiger partial charge on any atom is 0.416 e. The Labute approximate surface area is 177 Å². The Hall–Kier alpha value is -2.95. The summed E-state index contributed by atoms with van der Waals surface area (Å²) in [7, 11) is -3.26. The third kappa shape index (κ3) is 5.04. The second kappa shape index (κ2) is 8.66. The third-order valence-corrected chi connectivity index (χ3v) is 6.35. The number of benzene rings is 2. The van der Waals surface area contributed by atoms with Crippen LogP contribution in [0.2, 0.25) is 0 Å². The van der Waals surface area contributed by atoms with Gasteiger partial charge in [-0.2, -0.15) is 13.2 Å². The molecule has 2 aromatic rings. The maximum atomic E-state index is 13.3. The van der Waals surface area contributed by atoms with Gasteiger partial charge in [0.25, 0.3) is 10.0 Å². The first-order valence-electron chi connectivity index (χ1n) is 9.43. The molecule has 11 heteroatoms. The number of rotatable bonds is 6. The van der Waals surface area contributed by atoms with Gasteiger partial charge in [0.2, 0.25) is 0 Å². The van der Waals surface area contributed by atoms with E-state index >= 15 is 0 Å². The molecule has 0 aromatic heterocycles. The van der Waals surface area contributed by atoms with Crippen molar-refractivity contribution in [2.75, 3.05) is 29.8 Å². The van der Waals surface area contributed by atoms with Crippen LogP contribution in [-0.4, -0.2) is 39.7 Å². The monoisotopic (exact) mass is 458 g/mol. The maximum absolute atomic E-state index is 13.3. The zero-order chi connectivity index (χ0) is 22.8. The number of nitrogens with one attached hydrogen (secondary N) is 1. The molecule has 0 unspecified atom stereocenters.